The number of nitrogens with one attached hydrogen (secondary N) is 1. The van der Waals surface area contributed by atoms with Gasteiger partial charge in [0.05, 0.1) is 0 Å². The van der Waals surface area contributed by atoms with Crippen LogP contribution in [0.25, 0.3) is 0 Å². The second kappa shape index (κ2) is 4.25. The molecule has 15 heavy (non-hydrogen) atoms. The van der Waals surface area contributed by atoms with Crippen molar-refractivity contribution in [3.63, 3.8) is 0 Å². The van der Waals surface area contributed by atoms with Crippen molar-refractivity contribution in [1.82, 2.24) is 0 Å². The number of aryl methyl sites for hydroxylation is 1. The van der Waals surface area contributed by atoms with Gasteiger partial charge in [0, 0.05) is 11.3 Å². The highest BCUT2D eigenvalue weighted by molar-refractivity contribution is 5.94. The molecule has 0 spiro atoms. The number of hydrogen-bond donors (Lipinski definition) is 2. The van der Waals surface area contributed by atoms with Crippen LogP contribution in [0, 0.1) is 13.8 Å². The number of halogens is 2. The highest BCUT2D eigenvalue weighted by Crippen LogP contribution is 2.28. The number of alkyl halides is 2. The number of hydrogen-bond acceptors (Lipinski definition) is 2. The maximum absolute atomic E-state index is 12.0. The van der Waals surface area contributed by atoms with Crippen LogP contribution < -0.4 is 5.32 Å². The van der Waals surface area contributed by atoms with Gasteiger partial charge in [0.25, 0.3) is 5.91 Å². The van der Waals surface area contributed by atoms with Crippen molar-refractivity contribution >= 4 is 11.6 Å². The topological polar surface area (TPSA) is 49.3 Å². The molecular formula is C10H11F2NO2. The molecule has 82 valence electrons. The van der Waals surface area contributed by atoms with E-state index in [2.05, 4.69) is 0 Å². The van der Waals surface area contributed by atoms with Gasteiger partial charge in [-0.3, -0.25) is 4.79 Å². The molecular weight excluding hydrogens is 204 g/mol. The maximum Gasteiger partial charge on any atom is 0.315 e. The number of rotatable bonds is 2. The summed E-state index contributed by atoms with van der Waals surface area (Å²) in [5.74, 6) is -1.37. The molecule has 0 radical (unpaired) electrons. The zero-order valence-corrected chi connectivity index (χ0v) is 8.34. The fourth-order valence-electron chi connectivity index (χ4n) is 1.16. The SMILES string of the molecule is Cc1ccc(NC(=O)C(F)F)c(C)c1O. The van der Waals surface area contributed by atoms with E-state index in [4.69, 9.17) is 0 Å². The Morgan fingerprint density at radius 2 is 2.00 bits per heavy atom. The minimum absolute atomic E-state index is 0.00191. The number of carbonyl (C=O) groups is 1. The van der Waals surface area contributed by atoms with Gasteiger partial charge in [0.1, 0.15) is 5.75 Å². The average molecular weight is 215 g/mol. The van der Waals surface area contributed by atoms with E-state index in [-0.39, 0.29) is 11.4 Å². The summed E-state index contributed by atoms with van der Waals surface area (Å²) in [5, 5.41) is 11.5. The number of phenols is 1. The molecule has 1 rings (SSSR count). The summed E-state index contributed by atoms with van der Waals surface area (Å²) >= 11 is 0. The van der Waals surface area contributed by atoms with Gasteiger partial charge in [-0.15, -0.1) is 0 Å². The molecule has 1 aromatic carbocycles. The van der Waals surface area contributed by atoms with Gasteiger partial charge in [0.15, 0.2) is 0 Å². The van der Waals surface area contributed by atoms with Crippen LogP contribution in [-0.2, 0) is 4.79 Å². The molecule has 0 bridgehead atoms. The molecule has 0 unspecified atom stereocenters. The summed E-state index contributed by atoms with van der Waals surface area (Å²) in [6.07, 6.45) is -3.06. The Labute approximate surface area is 85.7 Å². The van der Waals surface area contributed by atoms with E-state index in [0.717, 1.165) is 0 Å². The number of benzene rings is 1. The van der Waals surface area contributed by atoms with Crippen molar-refractivity contribution in [1.29, 1.82) is 0 Å². The van der Waals surface area contributed by atoms with Gasteiger partial charge in [-0.2, -0.15) is 8.78 Å². The lowest BCUT2D eigenvalue weighted by molar-refractivity contribution is -0.126. The number of aromatic hydroxyl groups is 1. The Morgan fingerprint density at radius 1 is 1.40 bits per heavy atom. The first-order valence-corrected chi connectivity index (χ1v) is 4.31. The summed E-state index contributed by atoms with van der Waals surface area (Å²) in [6.45, 7) is 3.23. The zero-order chi connectivity index (χ0) is 11.6. The first-order valence-electron chi connectivity index (χ1n) is 4.31. The molecule has 0 aliphatic carbocycles. The third-order valence-electron chi connectivity index (χ3n) is 2.09. The van der Waals surface area contributed by atoms with Crippen LogP contribution in [0.3, 0.4) is 0 Å². The zero-order valence-electron chi connectivity index (χ0n) is 8.34. The standard InChI is InChI=1S/C10H11F2NO2/c1-5-3-4-7(6(2)8(5)14)13-10(15)9(11)12/h3-4,9,14H,1-2H3,(H,13,15). The van der Waals surface area contributed by atoms with Crippen molar-refractivity contribution in [3.8, 4) is 5.75 Å². The summed E-state index contributed by atoms with van der Waals surface area (Å²) < 4.78 is 23.9. The summed E-state index contributed by atoms with van der Waals surface area (Å²) in [7, 11) is 0. The molecule has 0 saturated carbocycles. The quantitative estimate of drug-likeness (QED) is 0.794. The second-order valence-corrected chi connectivity index (χ2v) is 3.19. The maximum atomic E-state index is 12.0. The molecule has 1 aromatic rings. The van der Waals surface area contributed by atoms with Crippen LogP contribution in [0.2, 0.25) is 0 Å². The average Bonchev–Trinajstić information content (AvgIpc) is 2.18. The Bertz CT molecular complexity index is 391. The smallest absolute Gasteiger partial charge is 0.315 e. The Kier molecular flexibility index (Phi) is 3.24. The molecule has 0 saturated heterocycles. The van der Waals surface area contributed by atoms with Gasteiger partial charge in [-0.05, 0) is 25.5 Å². The predicted octanol–water partition coefficient (Wildman–Crippen LogP) is 2.21. The number of phenolic OH excluding ortho intramolecular Hbond substituents is 1. The molecule has 3 nitrogen and oxygen atoms in total. The van der Waals surface area contributed by atoms with Gasteiger partial charge in [-0.1, -0.05) is 6.07 Å². The molecule has 0 fully saturated rings. The predicted molar refractivity (Wildman–Crippen MR) is 52.2 cm³/mol. The first-order chi connectivity index (χ1) is 6.93. The molecule has 1 amide bonds. The fraction of sp³-hybridized carbons (Fsp3) is 0.300. The van der Waals surface area contributed by atoms with E-state index >= 15 is 0 Å². The van der Waals surface area contributed by atoms with Crippen LogP contribution in [0.4, 0.5) is 14.5 Å². The third kappa shape index (κ3) is 2.43. The van der Waals surface area contributed by atoms with Gasteiger partial charge in [0.2, 0.25) is 0 Å². The lowest BCUT2D eigenvalue weighted by Crippen LogP contribution is -2.20. The first kappa shape index (κ1) is 11.4. The van der Waals surface area contributed by atoms with Gasteiger partial charge in [-0.25, -0.2) is 0 Å². The molecule has 0 heterocycles. The van der Waals surface area contributed by atoms with Crippen molar-refractivity contribution in [3.05, 3.63) is 23.3 Å². The molecule has 0 aromatic heterocycles. The van der Waals surface area contributed by atoms with Crippen LogP contribution in [0.1, 0.15) is 11.1 Å². The summed E-state index contributed by atoms with van der Waals surface area (Å²) in [4.78, 5) is 10.7. The molecule has 0 aliphatic rings. The van der Waals surface area contributed by atoms with Crippen molar-refractivity contribution in [2.24, 2.45) is 0 Å². The van der Waals surface area contributed by atoms with E-state index in [1.807, 2.05) is 5.32 Å². The highest BCUT2D eigenvalue weighted by Gasteiger charge is 2.16. The molecule has 2 N–H and O–H groups in total. The van der Waals surface area contributed by atoms with Crippen molar-refractivity contribution < 1.29 is 18.7 Å². The van der Waals surface area contributed by atoms with E-state index in [1.165, 1.54) is 6.07 Å². The Morgan fingerprint density at radius 3 is 2.53 bits per heavy atom. The summed E-state index contributed by atoms with van der Waals surface area (Å²) in [6, 6.07) is 3.02. The number of anilines is 1. The van der Waals surface area contributed by atoms with E-state index in [9.17, 15) is 18.7 Å². The number of carbonyl (C=O) groups excluding carboxylic acids is 1. The Hall–Kier alpha value is -1.65. The largest absolute Gasteiger partial charge is 0.507 e. The normalized spacial score (nSPS) is 10.5. The van der Waals surface area contributed by atoms with E-state index in [0.29, 0.717) is 11.1 Å². The van der Waals surface area contributed by atoms with Crippen molar-refractivity contribution in [2.45, 2.75) is 20.3 Å². The van der Waals surface area contributed by atoms with E-state index in [1.54, 1.807) is 19.9 Å². The van der Waals surface area contributed by atoms with Crippen LogP contribution in [0.5, 0.6) is 5.75 Å². The fourth-order valence-corrected chi connectivity index (χ4v) is 1.16. The van der Waals surface area contributed by atoms with Crippen molar-refractivity contribution in [2.75, 3.05) is 5.32 Å². The van der Waals surface area contributed by atoms with Crippen LogP contribution in [0.15, 0.2) is 12.1 Å². The van der Waals surface area contributed by atoms with Crippen LogP contribution in [-0.4, -0.2) is 17.4 Å². The molecule has 5 heteroatoms. The lowest BCUT2D eigenvalue weighted by Gasteiger charge is -2.10. The monoisotopic (exact) mass is 215 g/mol. The minimum atomic E-state index is -3.06. The summed E-state index contributed by atoms with van der Waals surface area (Å²) in [5.41, 5.74) is 1.20. The van der Waals surface area contributed by atoms with E-state index < -0.39 is 12.3 Å². The number of amides is 1. The minimum Gasteiger partial charge on any atom is -0.507 e. The molecule has 0 atom stereocenters. The lowest BCUT2D eigenvalue weighted by atomic mass is 10.1. The van der Waals surface area contributed by atoms with Crippen LogP contribution >= 0.6 is 0 Å². The molecule has 0 aliphatic heterocycles. The van der Waals surface area contributed by atoms with Gasteiger partial charge >= 0.3 is 6.43 Å². The Balaban J connectivity index is 2.97. The second-order valence-electron chi connectivity index (χ2n) is 3.19. The van der Waals surface area contributed by atoms with Gasteiger partial charge < -0.3 is 10.4 Å². The highest BCUT2D eigenvalue weighted by atomic mass is 19.3. The third-order valence-corrected chi connectivity index (χ3v) is 2.09.